The Labute approximate surface area is 121 Å². The largest absolute Gasteiger partial charge is 0.327 e. The van der Waals surface area contributed by atoms with Crippen molar-refractivity contribution < 1.29 is 0 Å². The molecule has 2 N–H and O–H groups in total. The Kier molecular flexibility index (Phi) is 5.83. The van der Waals surface area contributed by atoms with Crippen LogP contribution in [0.3, 0.4) is 0 Å². The molecule has 0 spiro atoms. The molecule has 1 unspecified atom stereocenters. The summed E-state index contributed by atoms with van der Waals surface area (Å²) >= 11 is 1.76. The Morgan fingerprint density at radius 2 is 2.11 bits per heavy atom. The molecule has 3 heteroatoms. The van der Waals surface area contributed by atoms with Gasteiger partial charge >= 0.3 is 0 Å². The van der Waals surface area contributed by atoms with Crippen LogP contribution in [0.5, 0.6) is 0 Å². The molecule has 1 atom stereocenters. The lowest BCUT2D eigenvalue weighted by Crippen LogP contribution is -2.34. The summed E-state index contributed by atoms with van der Waals surface area (Å²) < 4.78 is 0. The zero-order valence-corrected chi connectivity index (χ0v) is 13.2. The van der Waals surface area contributed by atoms with Crippen LogP contribution < -0.4 is 5.73 Å². The van der Waals surface area contributed by atoms with Gasteiger partial charge in [0.15, 0.2) is 0 Å². The van der Waals surface area contributed by atoms with Crippen LogP contribution in [0.25, 0.3) is 0 Å². The number of hydrogen-bond acceptors (Lipinski definition) is 3. The predicted molar refractivity (Wildman–Crippen MR) is 83.5 cm³/mol. The van der Waals surface area contributed by atoms with Gasteiger partial charge in [-0.25, -0.2) is 4.98 Å². The normalized spacial score (nSPS) is 25.4. The van der Waals surface area contributed by atoms with E-state index < -0.39 is 0 Å². The van der Waals surface area contributed by atoms with Crippen LogP contribution in [0, 0.1) is 18.8 Å². The summed E-state index contributed by atoms with van der Waals surface area (Å²) in [5, 5.41) is 3.35. The third-order valence-electron chi connectivity index (χ3n) is 4.54. The Bertz CT molecular complexity index is 367. The second-order valence-electron chi connectivity index (χ2n) is 6.17. The molecule has 1 fully saturated rings. The van der Waals surface area contributed by atoms with Crippen LogP contribution in [0.15, 0.2) is 5.38 Å². The van der Waals surface area contributed by atoms with Crippen LogP contribution in [0.1, 0.15) is 62.6 Å². The standard InChI is InChI=1S/C16H28N2S/c1-3-4-5-13-6-8-14(9-7-13)15(17)10-16-18-12(2)11-19-16/h11,13-15H,3-10,17H2,1-2H3. The SMILES string of the molecule is CCCCC1CCC(C(N)Cc2nc(C)cs2)CC1. The summed E-state index contributed by atoms with van der Waals surface area (Å²) in [6.45, 7) is 4.35. The van der Waals surface area contributed by atoms with Gasteiger partial charge in [0.2, 0.25) is 0 Å². The first kappa shape index (κ1) is 15.0. The average molecular weight is 280 g/mol. The fourth-order valence-electron chi connectivity index (χ4n) is 3.26. The minimum absolute atomic E-state index is 0.317. The van der Waals surface area contributed by atoms with Gasteiger partial charge < -0.3 is 5.73 Å². The summed E-state index contributed by atoms with van der Waals surface area (Å²) in [5.41, 5.74) is 7.54. The molecule has 19 heavy (non-hydrogen) atoms. The van der Waals surface area contributed by atoms with Crippen LogP contribution in [-0.4, -0.2) is 11.0 Å². The van der Waals surface area contributed by atoms with E-state index >= 15 is 0 Å². The highest BCUT2D eigenvalue weighted by Crippen LogP contribution is 2.33. The lowest BCUT2D eigenvalue weighted by Gasteiger charge is -2.32. The molecular weight excluding hydrogens is 252 g/mol. The van der Waals surface area contributed by atoms with Crippen molar-refractivity contribution in [3.8, 4) is 0 Å². The molecule has 1 saturated carbocycles. The zero-order valence-electron chi connectivity index (χ0n) is 12.4. The van der Waals surface area contributed by atoms with Crippen LogP contribution in [0.2, 0.25) is 0 Å². The van der Waals surface area contributed by atoms with Gasteiger partial charge in [0.1, 0.15) is 0 Å². The molecule has 1 heterocycles. The Balaban J connectivity index is 1.74. The van der Waals surface area contributed by atoms with Crippen molar-refractivity contribution in [2.75, 3.05) is 0 Å². The van der Waals surface area contributed by atoms with Gasteiger partial charge in [-0.05, 0) is 31.6 Å². The number of nitrogens with zero attached hydrogens (tertiary/aromatic N) is 1. The van der Waals surface area contributed by atoms with Crippen molar-refractivity contribution in [3.63, 3.8) is 0 Å². The van der Waals surface area contributed by atoms with Gasteiger partial charge in [-0.1, -0.05) is 39.0 Å². The molecule has 1 aromatic rings. The highest BCUT2D eigenvalue weighted by molar-refractivity contribution is 7.09. The van der Waals surface area contributed by atoms with Gasteiger partial charge in [-0.3, -0.25) is 0 Å². The predicted octanol–water partition coefficient (Wildman–Crippen LogP) is 4.32. The van der Waals surface area contributed by atoms with Crippen molar-refractivity contribution in [3.05, 3.63) is 16.1 Å². The molecule has 1 aromatic heterocycles. The van der Waals surface area contributed by atoms with E-state index in [1.54, 1.807) is 11.3 Å². The lowest BCUT2D eigenvalue weighted by molar-refractivity contribution is 0.230. The maximum absolute atomic E-state index is 6.40. The number of nitrogens with two attached hydrogens (primary N) is 1. The van der Waals surface area contributed by atoms with Crippen molar-refractivity contribution in [2.45, 2.75) is 71.3 Å². The number of thiazole rings is 1. The second kappa shape index (κ2) is 7.39. The molecule has 0 aliphatic heterocycles. The molecule has 0 bridgehead atoms. The van der Waals surface area contributed by atoms with Crippen LogP contribution in [0.4, 0.5) is 0 Å². The maximum atomic E-state index is 6.40. The quantitative estimate of drug-likeness (QED) is 0.843. The van der Waals surface area contributed by atoms with Crippen LogP contribution in [-0.2, 0) is 6.42 Å². The fourth-order valence-corrected chi connectivity index (χ4v) is 4.11. The van der Waals surface area contributed by atoms with Crippen molar-refractivity contribution in [2.24, 2.45) is 17.6 Å². The highest BCUT2D eigenvalue weighted by atomic mass is 32.1. The first-order chi connectivity index (χ1) is 9.19. The van der Waals surface area contributed by atoms with Gasteiger partial charge in [-0.15, -0.1) is 11.3 Å². The van der Waals surface area contributed by atoms with E-state index in [9.17, 15) is 0 Å². The summed E-state index contributed by atoms with van der Waals surface area (Å²) in [4.78, 5) is 4.54. The van der Waals surface area contributed by atoms with Gasteiger partial charge in [0, 0.05) is 23.5 Å². The van der Waals surface area contributed by atoms with Gasteiger partial charge in [0.25, 0.3) is 0 Å². The number of aryl methyl sites for hydroxylation is 1. The molecule has 0 saturated heterocycles. The second-order valence-corrected chi connectivity index (χ2v) is 7.12. The average Bonchev–Trinajstić information content (AvgIpc) is 2.82. The van der Waals surface area contributed by atoms with E-state index in [-0.39, 0.29) is 0 Å². The zero-order chi connectivity index (χ0) is 13.7. The number of rotatable bonds is 6. The minimum Gasteiger partial charge on any atom is -0.327 e. The summed E-state index contributed by atoms with van der Waals surface area (Å²) in [6.07, 6.45) is 10.6. The molecule has 2 nitrogen and oxygen atoms in total. The van der Waals surface area contributed by atoms with E-state index in [0.717, 1.165) is 24.0 Å². The third-order valence-corrected chi connectivity index (χ3v) is 5.53. The molecule has 0 amide bonds. The smallest absolute Gasteiger partial charge is 0.0943 e. The maximum Gasteiger partial charge on any atom is 0.0943 e. The Hall–Kier alpha value is -0.410. The molecule has 2 rings (SSSR count). The molecule has 0 radical (unpaired) electrons. The number of hydrogen-bond donors (Lipinski definition) is 1. The molecule has 1 aliphatic rings. The summed E-state index contributed by atoms with van der Waals surface area (Å²) in [7, 11) is 0. The van der Waals surface area contributed by atoms with Crippen molar-refractivity contribution >= 4 is 11.3 Å². The van der Waals surface area contributed by atoms with E-state index in [4.69, 9.17) is 5.73 Å². The minimum atomic E-state index is 0.317. The first-order valence-corrected chi connectivity index (χ1v) is 8.73. The summed E-state index contributed by atoms with van der Waals surface area (Å²) in [6, 6.07) is 0.317. The highest BCUT2D eigenvalue weighted by Gasteiger charge is 2.25. The number of aromatic nitrogens is 1. The fraction of sp³-hybridized carbons (Fsp3) is 0.812. The van der Waals surface area contributed by atoms with E-state index in [0.29, 0.717) is 6.04 Å². The lowest BCUT2D eigenvalue weighted by atomic mass is 9.76. The van der Waals surface area contributed by atoms with Gasteiger partial charge in [-0.2, -0.15) is 0 Å². The molecule has 108 valence electrons. The third kappa shape index (κ3) is 4.57. The van der Waals surface area contributed by atoms with E-state index in [2.05, 4.69) is 24.2 Å². The monoisotopic (exact) mass is 280 g/mol. The topological polar surface area (TPSA) is 38.9 Å². The Morgan fingerprint density at radius 3 is 2.68 bits per heavy atom. The molecule has 1 aliphatic carbocycles. The van der Waals surface area contributed by atoms with Crippen LogP contribution >= 0.6 is 11.3 Å². The first-order valence-electron chi connectivity index (χ1n) is 7.85. The van der Waals surface area contributed by atoms with Crippen molar-refractivity contribution in [1.82, 2.24) is 4.98 Å². The number of unbranched alkanes of at least 4 members (excludes halogenated alkanes) is 1. The van der Waals surface area contributed by atoms with E-state index in [1.165, 1.54) is 50.0 Å². The summed E-state index contributed by atoms with van der Waals surface area (Å²) in [5.74, 6) is 1.70. The van der Waals surface area contributed by atoms with Crippen molar-refractivity contribution in [1.29, 1.82) is 0 Å². The van der Waals surface area contributed by atoms with Gasteiger partial charge in [0.05, 0.1) is 5.01 Å². The van der Waals surface area contributed by atoms with E-state index in [1.807, 2.05) is 0 Å². The Morgan fingerprint density at radius 1 is 1.37 bits per heavy atom. The molecule has 0 aromatic carbocycles. The molecular formula is C16H28N2S.